The number of nitrogens with one attached hydrogen (secondary N) is 1. The number of likely N-dealkylation sites (tertiary alicyclic amines) is 1. The summed E-state index contributed by atoms with van der Waals surface area (Å²) in [4.78, 5) is 38.7. The number of carbonyl (C=O) groups excluding carboxylic acids is 2. The molecule has 2 bridgehead atoms. The SMILES string of the molecule is O=C(NC1CCCCC1)C(c1ccc([N+](=O)[O-])cc1)N1C(=O)[C@H]2[C@@H]1[C@@H]1C=C[C@H]2C1. The standard InChI is InChI=1S/C22H25N3O4/c26-21(23-16-4-2-1-3-5-16)20(13-8-10-17(11-9-13)25(28)29)24-19-15-7-6-14(12-15)18(19)22(24)27/h6-11,14-16,18-20H,1-5,12H2,(H,23,26)/t14-,15+,18+,19-,20?/m0/s1. The fourth-order valence-electron chi connectivity index (χ4n) is 5.78. The third-order valence-corrected chi connectivity index (χ3v) is 7.18. The minimum Gasteiger partial charge on any atom is -0.351 e. The lowest BCUT2D eigenvalue weighted by Gasteiger charge is -2.51. The molecule has 3 aliphatic carbocycles. The number of amides is 2. The summed E-state index contributed by atoms with van der Waals surface area (Å²) < 4.78 is 0. The molecule has 0 spiro atoms. The van der Waals surface area contributed by atoms with E-state index in [0.717, 1.165) is 32.1 Å². The van der Waals surface area contributed by atoms with Crippen LogP contribution in [0.4, 0.5) is 5.69 Å². The molecule has 0 aromatic heterocycles. The summed E-state index contributed by atoms with van der Waals surface area (Å²) in [6.07, 6.45) is 10.6. The fourth-order valence-corrected chi connectivity index (χ4v) is 5.78. The number of benzene rings is 1. The molecular weight excluding hydrogens is 370 g/mol. The maximum Gasteiger partial charge on any atom is 0.269 e. The Balaban J connectivity index is 1.44. The second-order valence-electron chi connectivity index (χ2n) is 8.80. The topological polar surface area (TPSA) is 92.5 Å². The summed E-state index contributed by atoms with van der Waals surface area (Å²) in [6, 6.07) is 5.55. The number of β-lactam (4-membered cyclic amide) rings is 1. The lowest BCUT2D eigenvalue weighted by molar-refractivity contribution is -0.384. The van der Waals surface area contributed by atoms with Crippen LogP contribution in [-0.2, 0) is 9.59 Å². The molecule has 1 N–H and O–H groups in total. The summed E-state index contributed by atoms with van der Waals surface area (Å²) in [5.41, 5.74) is 0.623. The van der Waals surface area contributed by atoms with Gasteiger partial charge in [-0.2, -0.15) is 0 Å². The van der Waals surface area contributed by atoms with E-state index in [9.17, 15) is 19.7 Å². The zero-order valence-corrected chi connectivity index (χ0v) is 16.2. The van der Waals surface area contributed by atoms with Crippen molar-refractivity contribution in [1.29, 1.82) is 0 Å². The van der Waals surface area contributed by atoms with Crippen molar-refractivity contribution in [1.82, 2.24) is 10.2 Å². The number of fused-ring (bicyclic) bond motifs is 5. The van der Waals surface area contributed by atoms with E-state index in [1.807, 2.05) is 0 Å². The van der Waals surface area contributed by atoms with Crippen LogP contribution in [0.1, 0.15) is 50.1 Å². The Kier molecular flexibility index (Phi) is 4.41. The summed E-state index contributed by atoms with van der Waals surface area (Å²) in [5, 5.41) is 14.2. The number of hydrogen-bond acceptors (Lipinski definition) is 4. The number of carbonyl (C=O) groups is 2. The maximum absolute atomic E-state index is 13.3. The summed E-state index contributed by atoms with van der Waals surface area (Å²) in [6.45, 7) is 0. The molecule has 3 fully saturated rings. The molecule has 2 saturated carbocycles. The average Bonchev–Trinajstić information content (AvgIpc) is 3.31. The van der Waals surface area contributed by atoms with Crippen molar-refractivity contribution in [2.75, 3.05) is 0 Å². The van der Waals surface area contributed by atoms with Gasteiger partial charge in [0.15, 0.2) is 0 Å². The largest absolute Gasteiger partial charge is 0.351 e. The number of allylic oxidation sites excluding steroid dienone is 1. The Morgan fingerprint density at radius 1 is 1.10 bits per heavy atom. The van der Waals surface area contributed by atoms with Crippen LogP contribution in [0.25, 0.3) is 0 Å². The van der Waals surface area contributed by atoms with E-state index in [2.05, 4.69) is 17.5 Å². The molecule has 5 atom stereocenters. The molecule has 1 saturated heterocycles. The average molecular weight is 395 g/mol. The minimum atomic E-state index is -0.723. The lowest BCUT2D eigenvalue weighted by atomic mass is 9.77. The molecule has 1 heterocycles. The molecule has 7 nitrogen and oxygen atoms in total. The quantitative estimate of drug-likeness (QED) is 0.359. The summed E-state index contributed by atoms with van der Waals surface area (Å²) in [7, 11) is 0. The predicted molar refractivity (Wildman–Crippen MR) is 106 cm³/mol. The van der Waals surface area contributed by atoms with Crippen LogP contribution >= 0.6 is 0 Å². The van der Waals surface area contributed by atoms with Gasteiger partial charge in [-0.05, 0) is 48.8 Å². The van der Waals surface area contributed by atoms with Gasteiger partial charge in [0.2, 0.25) is 11.8 Å². The number of non-ortho nitro benzene ring substituents is 1. The van der Waals surface area contributed by atoms with E-state index in [1.54, 1.807) is 17.0 Å². The molecule has 5 rings (SSSR count). The van der Waals surface area contributed by atoms with Crippen LogP contribution in [0.3, 0.4) is 0 Å². The molecule has 4 aliphatic rings. The van der Waals surface area contributed by atoms with Crippen LogP contribution in [0.2, 0.25) is 0 Å². The Hall–Kier alpha value is -2.70. The monoisotopic (exact) mass is 395 g/mol. The molecule has 1 aliphatic heterocycles. The normalized spacial score (nSPS) is 31.3. The van der Waals surface area contributed by atoms with Crippen molar-refractivity contribution < 1.29 is 14.5 Å². The number of nitro benzene ring substituents is 1. The number of nitro groups is 1. The minimum absolute atomic E-state index is 0.00645. The molecule has 152 valence electrons. The van der Waals surface area contributed by atoms with Crippen molar-refractivity contribution in [2.45, 2.75) is 56.7 Å². The van der Waals surface area contributed by atoms with Gasteiger partial charge in [0, 0.05) is 18.2 Å². The van der Waals surface area contributed by atoms with Gasteiger partial charge in [0.1, 0.15) is 6.04 Å². The van der Waals surface area contributed by atoms with Crippen LogP contribution < -0.4 is 5.32 Å². The van der Waals surface area contributed by atoms with E-state index in [-0.39, 0.29) is 35.5 Å². The highest BCUT2D eigenvalue weighted by Gasteiger charge is 2.62. The zero-order valence-electron chi connectivity index (χ0n) is 16.2. The van der Waals surface area contributed by atoms with Crippen LogP contribution in [0.5, 0.6) is 0 Å². The number of hydrogen-bond donors (Lipinski definition) is 1. The molecule has 1 aromatic carbocycles. The highest BCUT2D eigenvalue weighted by Crippen LogP contribution is 2.55. The van der Waals surface area contributed by atoms with Gasteiger partial charge >= 0.3 is 0 Å². The molecule has 1 unspecified atom stereocenters. The molecule has 29 heavy (non-hydrogen) atoms. The van der Waals surface area contributed by atoms with Gasteiger partial charge in [-0.25, -0.2) is 0 Å². The van der Waals surface area contributed by atoms with Crippen LogP contribution in [0, 0.1) is 27.9 Å². The second-order valence-corrected chi connectivity index (χ2v) is 8.80. The van der Waals surface area contributed by atoms with Gasteiger partial charge in [-0.1, -0.05) is 31.4 Å². The van der Waals surface area contributed by atoms with Gasteiger partial charge in [-0.15, -0.1) is 0 Å². The number of nitrogens with zero attached hydrogens (tertiary/aromatic N) is 2. The van der Waals surface area contributed by atoms with Crippen molar-refractivity contribution in [3.05, 3.63) is 52.1 Å². The van der Waals surface area contributed by atoms with E-state index < -0.39 is 11.0 Å². The Morgan fingerprint density at radius 3 is 2.48 bits per heavy atom. The molecule has 0 radical (unpaired) electrons. The third-order valence-electron chi connectivity index (χ3n) is 7.18. The zero-order chi connectivity index (χ0) is 20.1. The molecule has 2 amide bonds. The van der Waals surface area contributed by atoms with E-state index in [0.29, 0.717) is 17.4 Å². The lowest BCUT2D eigenvalue weighted by Crippen LogP contribution is -2.65. The molecule has 1 aromatic rings. The van der Waals surface area contributed by atoms with Crippen molar-refractivity contribution in [3.8, 4) is 0 Å². The molecular formula is C22H25N3O4. The van der Waals surface area contributed by atoms with Gasteiger partial charge in [-0.3, -0.25) is 19.7 Å². The first-order valence-electron chi connectivity index (χ1n) is 10.6. The highest BCUT2D eigenvalue weighted by molar-refractivity contribution is 5.95. The Labute approximate surface area is 169 Å². The van der Waals surface area contributed by atoms with Gasteiger partial charge in [0.25, 0.3) is 5.69 Å². The van der Waals surface area contributed by atoms with Crippen molar-refractivity contribution in [3.63, 3.8) is 0 Å². The predicted octanol–water partition coefficient (Wildman–Crippen LogP) is 3.12. The Bertz CT molecular complexity index is 875. The second kappa shape index (κ2) is 6.97. The van der Waals surface area contributed by atoms with E-state index in [4.69, 9.17) is 0 Å². The first-order valence-corrected chi connectivity index (χ1v) is 10.6. The first-order chi connectivity index (χ1) is 14.0. The van der Waals surface area contributed by atoms with Crippen molar-refractivity contribution in [2.24, 2.45) is 17.8 Å². The first kappa shape index (κ1) is 18.3. The fraction of sp³-hybridized carbons (Fsp3) is 0.545. The maximum atomic E-state index is 13.3. The highest BCUT2D eigenvalue weighted by atomic mass is 16.6. The number of rotatable bonds is 5. The third kappa shape index (κ3) is 2.94. The van der Waals surface area contributed by atoms with Crippen LogP contribution in [-0.4, -0.2) is 33.7 Å². The summed E-state index contributed by atoms with van der Waals surface area (Å²) >= 11 is 0. The molecule has 7 heteroatoms. The van der Waals surface area contributed by atoms with Crippen LogP contribution in [0.15, 0.2) is 36.4 Å². The smallest absolute Gasteiger partial charge is 0.269 e. The van der Waals surface area contributed by atoms with Gasteiger partial charge < -0.3 is 10.2 Å². The van der Waals surface area contributed by atoms with Crippen molar-refractivity contribution >= 4 is 17.5 Å². The van der Waals surface area contributed by atoms with E-state index >= 15 is 0 Å². The van der Waals surface area contributed by atoms with Gasteiger partial charge in [0.05, 0.1) is 16.9 Å². The Morgan fingerprint density at radius 2 is 1.79 bits per heavy atom. The summed E-state index contributed by atoms with van der Waals surface area (Å²) in [5.74, 6) is 0.477. The van der Waals surface area contributed by atoms with E-state index in [1.165, 1.54) is 18.6 Å².